The maximum absolute atomic E-state index is 13.6. The highest BCUT2D eigenvalue weighted by molar-refractivity contribution is 6.30. The third-order valence-corrected chi connectivity index (χ3v) is 7.19. The predicted molar refractivity (Wildman–Crippen MR) is 175 cm³/mol. The van der Waals surface area contributed by atoms with Crippen LogP contribution in [0.15, 0.2) is 59.6 Å². The minimum absolute atomic E-state index is 0.0877. The standard InChI is InChI=1S/C32H46ClN7O5/c33-25-15-13-23(14-16-25)19-27(31(43)39-26(30(36)42)11-8-18-37-22-35)40-32(44)28(21-45-20-24-9-4-3-5-10-24)38-29(41)12-6-1-2-7-17-34/h3-5,9-10,13-16,22,26-28H,1-2,6-8,11-12,17-21,34H2,(H2,35,37)(H2,36,42)(H,38,41)(H,39,43)(H,40,44). The molecule has 0 spiro atoms. The van der Waals surface area contributed by atoms with Gasteiger partial charge in [-0.15, -0.1) is 0 Å². The van der Waals surface area contributed by atoms with Gasteiger partial charge in [0.15, 0.2) is 0 Å². The number of benzene rings is 2. The Balaban J connectivity index is 2.19. The van der Waals surface area contributed by atoms with Crippen molar-refractivity contribution in [3.63, 3.8) is 0 Å². The lowest BCUT2D eigenvalue weighted by Crippen LogP contribution is -2.57. The van der Waals surface area contributed by atoms with Gasteiger partial charge in [0.1, 0.15) is 18.1 Å². The number of carbonyl (C=O) groups excluding carboxylic acids is 4. The summed E-state index contributed by atoms with van der Waals surface area (Å²) < 4.78 is 5.81. The summed E-state index contributed by atoms with van der Waals surface area (Å²) >= 11 is 6.04. The number of aliphatic imine (C=N–C) groups is 1. The largest absolute Gasteiger partial charge is 0.390 e. The predicted octanol–water partition coefficient (Wildman–Crippen LogP) is 1.72. The van der Waals surface area contributed by atoms with E-state index in [4.69, 9.17) is 33.5 Å². The van der Waals surface area contributed by atoms with Crippen molar-refractivity contribution in [3.05, 3.63) is 70.7 Å². The highest BCUT2D eigenvalue weighted by Gasteiger charge is 2.29. The Hall–Kier alpha value is -4.00. The lowest BCUT2D eigenvalue weighted by atomic mass is 10.0. The quantitative estimate of drug-likeness (QED) is 0.0636. The van der Waals surface area contributed by atoms with Crippen LogP contribution < -0.4 is 33.2 Å². The molecule has 3 unspecified atom stereocenters. The Kier molecular flexibility index (Phi) is 17.9. The Bertz CT molecular complexity index is 1210. The van der Waals surface area contributed by atoms with Gasteiger partial charge in [-0.2, -0.15) is 0 Å². The number of nitrogens with two attached hydrogens (primary N) is 3. The summed E-state index contributed by atoms with van der Waals surface area (Å²) in [4.78, 5) is 55.9. The van der Waals surface area contributed by atoms with Crippen LogP contribution in [0.2, 0.25) is 5.02 Å². The Morgan fingerprint density at radius 2 is 1.49 bits per heavy atom. The second kappa shape index (κ2) is 21.7. The monoisotopic (exact) mass is 643 g/mol. The van der Waals surface area contributed by atoms with Gasteiger partial charge < -0.3 is 37.9 Å². The van der Waals surface area contributed by atoms with Crippen molar-refractivity contribution < 1.29 is 23.9 Å². The fourth-order valence-corrected chi connectivity index (χ4v) is 4.58. The summed E-state index contributed by atoms with van der Waals surface area (Å²) in [6.45, 7) is 1.06. The molecule has 0 fully saturated rings. The highest BCUT2D eigenvalue weighted by Crippen LogP contribution is 2.12. The average molecular weight is 644 g/mol. The number of carbonyl (C=O) groups is 4. The molecule has 2 aromatic rings. The van der Waals surface area contributed by atoms with Crippen LogP contribution in [0.1, 0.15) is 56.1 Å². The van der Waals surface area contributed by atoms with Gasteiger partial charge in [-0.3, -0.25) is 24.2 Å². The van der Waals surface area contributed by atoms with E-state index in [1.165, 1.54) is 0 Å². The van der Waals surface area contributed by atoms with Gasteiger partial charge in [0.05, 0.1) is 19.6 Å². The number of halogens is 1. The molecule has 12 nitrogen and oxygen atoms in total. The van der Waals surface area contributed by atoms with E-state index < -0.39 is 35.8 Å². The van der Waals surface area contributed by atoms with Crippen LogP contribution in [0.25, 0.3) is 0 Å². The molecule has 0 saturated carbocycles. The molecule has 0 aliphatic carbocycles. The third-order valence-electron chi connectivity index (χ3n) is 6.94. The summed E-state index contributed by atoms with van der Waals surface area (Å²) in [6, 6.07) is 13.1. The molecule has 0 radical (unpaired) electrons. The molecule has 0 bridgehead atoms. The molecule has 9 N–H and O–H groups in total. The molecule has 13 heteroatoms. The zero-order valence-corrected chi connectivity index (χ0v) is 26.3. The first-order valence-corrected chi connectivity index (χ1v) is 15.6. The molecule has 2 aromatic carbocycles. The zero-order valence-electron chi connectivity index (χ0n) is 25.6. The fourth-order valence-electron chi connectivity index (χ4n) is 4.46. The number of nitrogens with one attached hydrogen (secondary N) is 3. The van der Waals surface area contributed by atoms with E-state index in [0.29, 0.717) is 36.5 Å². The van der Waals surface area contributed by atoms with Crippen molar-refractivity contribution >= 4 is 41.6 Å². The molecule has 246 valence electrons. The normalized spacial score (nSPS) is 13.1. The van der Waals surface area contributed by atoms with E-state index in [2.05, 4.69) is 20.9 Å². The van der Waals surface area contributed by atoms with Gasteiger partial charge in [0.2, 0.25) is 23.6 Å². The van der Waals surface area contributed by atoms with Crippen molar-refractivity contribution in [1.82, 2.24) is 16.0 Å². The van der Waals surface area contributed by atoms with E-state index in [9.17, 15) is 19.2 Å². The Morgan fingerprint density at radius 3 is 2.16 bits per heavy atom. The molecule has 0 aromatic heterocycles. The van der Waals surface area contributed by atoms with Crippen molar-refractivity contribution in [3.8, 4) is 0 Å². The summed E-state index contributed by atoms with van der Waals surface area (Å²) in [5.74, 6) is -2.25. The molecule has 0 heterocycles. The highest BCUT2D eigenvalue weighted by atomic mass is 35.5. The maximum Gasteiger partial charge on any atom is 0.245 e. The van der Waals surface area contributed by atoms with Crippen LogP contribution in [0.4, 0.5) is 0 Å². The Morgan fingerprint density at radius 1 is 0.822 bits per heavy atom. The Labute approximate surface area is 269 Å². The maximum atomic E-state index is 13.6. The topological polar surface area (TPSA) is 204 Å². The van der Waals surface area contributed by atoms with Crippen molar-refractivity contribution in [2.24, 2.45) is 22.2 Å². The van der Waals surface area contributed by atoms with E-state index in [1.807, 2.05) is 30.3 Å². The molecule has 4 amide bonds. The van der Waals surface area contributed by atoms with E-state index >= 15 is 0 Å². The lowest BCUT2D eigenvalue weighted by Gasteiger charge is -2.25. The minimum atomic E-state index is -1.10. The first-order valence-electron chi connectivity index (χ1n) is 15.2. The lowest BCUT2D eigenvalue weighted by molar-refractivity contribution is -0.134. The number of primary amides is 1. The second-order valence-corrected chi connectivity index (χ2v) is 11.1. The number of unbranched alkanes of at least 4 members (excludes halogenated alkanes) is 3. The molecule has 3 atom stereocenters. The number of nitrogens with zero attached hydrogens (tertiary/aromatic N) is 1. The molecule has 0 aliphatic heterocycles. The van der Waals surface area contributed by atoms with Crippen molar-refractivity contribution in [2.45, 2.75) is 76.1 Å². The molecule has 45 heavy (non-hydrogen) atoms. The van der Waals surface area contributed by atoms with Crippen LogP contribution in [0.5, 0.6) is 0 Å². The van der Waals surface area contributed by atoms with E-state index in [-0.39, 0.29) is 38.4 Å². The number of hydrogen-bond donors (Lipinski definition) is 6. The fraction of sp³-hybridized carbons (Fsp3) is 0.469. The van der Waals surface area contributed by atoms with Crippen LogP contribution in [-0.4, -0.2) is 67.8 Å². The number of rotatable bonds is 22. The molecule has 2 rings (SSSR count). The number of ether oxygens (including phenoxy) is 1. The van der Waals surface area contributed by atoms with Gasteiger partial charge in [0, 0.05) is 24.4 Å². The zero-order chi connectivity index (χ0) is 32.9. The van der Waals surface area contributed by atoms with Gasteiger partial charge in [-0.25, -0.2) is 0 Å². The molecular weight excluding hydrogens is 598 g/mol. The molecular formula is C32H46ClN7O5. The molecule has 0 saturated heterocycles. The summed E-state index contributed by atoms with van der Waals surface area (Å²) in [6.07, 6.45) is 5.47. The smallest absolute Gasteiger partial charge is 0.245 e. The van der Waals surface area contributed by atoms with Crippen LogP contribution in [0, 0.1) is 0 Å². The number of amides is 4. The summed E-state index contributed by atoms with van der Waals surface area (Å²) in [5.41, 5.74) is 18.0. The SMILES string of the molecule is NC=NCCCC(NC(=O)C(Cc1ccc(Cl)cc1)NC(=O)C(COCc1ccccc1)NC(=O)CCCCCCN)C(N)=O. The summed E-state index contributed by atoms with van der Waals surface area (Å²) in [7, 11) is 0. The van der Waals surface area contributed by atoms with E-state index in [0.717, 1.165) is 31.2 Å². The van der Waals surface area contributed by atoms with Gasteiger partial charge in [0.25, 0.3) is 0 Å². The van der Waals surface area contributed by atoms with Crippen LogP contribution in [0.3, 0.4) is 0 Å². The van der Waals surface area contributed by atoms with E-state index in [1.54, 1.807) is 24.3 Å². The summed E-state index contributed by atoms with van der Waals surface area (Å²) in [5, 5.41) is 8.68. The van der Waals surface area contributed by atoms with Crippen LogP contribution in [-0.2, 0) is 36.9 Å². The van der Waals surface area contributed by atoms with Crippen molar-refractivity contribution in [1.29, 1.82) is 0 Å². The van der Waals surface area contributed by atoms with Gasteiger partial charge in [-0.05, 0) is 55.5 Å². The first kappa shape index (κ1) is 37.2. The van der Waals surface area contributed by atoms with Crippen molar-refractivity contribution in [2.75, 3.05) is 19.7 Å². The van der Waals surface area contributed by atoms with Gasteiger partial charge >= 0.3 is 0 Å². The minimum Gasteiger partial charge on any atom is -0.390 e. The van der Waals surface area contributed by atoms with Crippen LogP contribution >= 0.6 is 11.6 Å². The average Bonchev–Trinajstić information content (AvgIpc) is 3.02. The number of hydrogen-bond acceptors (Lipinski definition) is 7. The van der Waals surface area contributed by atoms with Gasteiger partial charge in [-0.1, -0.05) is 66.9 Å². The third kappa shape index (κ3) is 15.5. The first-order chi connectivity index (χ1) is 21.7. The molecule has 0 aliphatic rings. The second-order valence-electron chi connectivity index (χ2n) is 10.6.